The van der Waals surface area contributed by atoms with Crippen LogP contribution in [0.15, 0.2) is 23.2 Å². The molecule has 1 amide bonds. The third-order valence-corrected chi connectivity index (χ3v) is 7.82. The van der Waals surface area contributed by atoms with Crippen LogP contribution in [0.4, 0.5) is 18.9 Å². The third kappa shape index (κ3) is 4.27. The van der Waals surface area contributed by atoms with E-state index >= 15 is 0 Å². The minimum atomic E-state index is -4.66. The maximum Gasteiger partial charge on any atom is 0.417 e. The van der Waals surface area contributed by atoms with E-state index in [1.165, 1.54) is 11.0 Å². The van der Waals surface area contributed by atoms with Crippen LogP contribution in [0.25, 0.3) is 0 Å². The largest absolute Gasteiger partial charge is 0.417 e. The van der Waals surface area contributed by atoms with Crippen molar-refractivity contribution in [2.24, 2.45) is 4.99 Å². The number of hydrogen-bond donors (Lipinski definition) is 0. The Bertz CT molecular complexity index is 903. The van der Waals surface area contributed by atoms with Crippen LogP contribution in [0.5, 0.6) is 0 Å². The predicted octanol–water partition coefficient (Wildman–Crippen LogP) is 3.76. The third-order valence-electron chi connectivity index (χ3n) is 4.28. The summed E-state index contributed by atoms with van der Waals surface area (Å²) in [5, 5.41) is -0.601. The van der Waals surface area contributed by atoms with Crippen molar-refractivity contribution in [2.75, 3.05) is 16.4 Å². The number of rotatable bonds is 3. The van der Waals surface area contributed by atoms with Crippen LogP contribution in [-0.4, -0.2) is 42.3 Å². The summed E-state index contributed by atoms with van der Waals surface area (Å²) >= 11 is 6.80. The number of hydrogen-bond acceptors (Lipinski definition) is 4. The Hall–Kier alpha value is -1.26. The molecular formula is C16H16ClF3N2O3S2. The molecule has 0 bridgehead atoms. The van der Waals surface area contributed by atoms with Crippen molar-refractivity contribution >= 4 is 50.0 Å². The fourth-order valence-corrected chi connectivity index (χ4v) is 7.28. The number of fused-ring (bicyclic) bond motifs is 1. The summed E-state index contributed by atoms with van der Waals surface area (Å²) in [5.74, 6) is -0.687. The first-order chi connectivity index (χ1) is 12.5. The fourth-order valence-electron chi connectivity index (χ4n) is 3.12. The van der Waals surface area contributed by atoms with E-state index in [9.17, 15) is 26.4 Å². The number of alkyl halides is 3. The van der Waals surface area contributed by atoms with Gasteiger partial charge in [-0.3, -0.25) is 4.79 Å². The number of anilines is 1. The number of sulfone groups is 1. The molecule has 0 saturated carbocycles. The summed E-state index contributed by atoms with van der Waals surface area (Å²) in [5.41, 5.74) is -0.901. The average Bonchev–Trinajstić information content (AvgIpc) is 2.98. The maximum absolute atomic E-state index is 13.2. The molecule has 148 valence electrons. The molecule has 2 saturated heterocycles. The summed E-state index contributed by atoms with van der Waals surface area (Å²) in [6, 6.07) is 2.80. The topological polar surface area (TPSA) is 66.8 Å². The van der Waals surface area contributed by atoms with Crippen LogP contribution in [-0.2, 0) is 20.8 Å². The van der Waals surface area contributed by atoms with E-state index in [-0.39, 0.29) is 34.0 Å². The van der Waals surface area contributed by atoms with Crippen molar-refractivity contribution in [3.63, 3.8) is 0 Å². The lowest BCUT2D eigenvalue weighted by atomic mass is 10.1. The number of aliphatic imine (C=N–C) groups is 1. The first-order valence-electron chi connectivity index (χ1n) is 8.16. The molecule has 5 nitrogen and oxygen atoms in total. The van der Waals surface area contributed by atoms with Crippen LogP contribution in [0.3, 0.4) is 0 Å². The molecule has 2 atom stereocenters. The quantitative estimate of drug-likeness (QED) is 0.716. The number of nitrogens with zero attached hydrogens (tertiary/aromatic N) is 2. The molecule has 0 aromatic heterocycles. The Morgan fingerprint density at radius 1 is 1.37 bits per heavy atom. The van der Waals surface area contributed by atoms with Crippen LogP contribution < -0.4 is 4.90 Å². The summed E-state index contributed by atoms with van der Waals surface area (Å²) < 4.78 is 63.6. The van der Waals surface area contributed by atoms with Crippen molar-refractivity contribution < 1.29 is 26.4 Å². The lowest BCUT2D eigenvalue weighted by Crippen LogP contribution is -2.37. The van der Waals surface area contributed by atoms with Gasteiger partial charge in [0.25, 0.3) is 0 Å². The van der Waals surface area contributed by atoms with E-state index in [2.05, 4.69) is 4.99 Å². The van der Waals surface area contributed by atoms with Crippen molar-refractivity contribution in [1.29, 1.82) is 0 Å². The van der Waals surface area contributed by atoms with Gasteiger partial charge in [-0.15, -0.1) is 0 Å². The Labute approximate surface area is 163 Å². The SMILES string of the molecule is CCCC(=O)N=C1SC2CS(=O)(=O)CC2N1c1ccc(Cl)c(C(F)(F)F)c1. The van der Waals surface area contributed by atoms with Crippen LogP contribution in [0, 0.1) is 0 Å². The lowest BCUT2D eigenvalue weighted by molar-refractivity contribution is -0.137. The van der Waals surface area contributed by atoms with E-state index in [1.54, 1.807) is 0 Å². The van der Waals surface area contributed by atoms with E-state index in [4.69, 9.17) is 11.6 Å². The molecule has 2 aliphatic heterocycles. The molecular weight excluding hydrogens is 425 g/mol. The molecule has 2 aliphatic rings. The molecule has 1 aromatic carbocycles. The van der Waals surface area contributed by atoms with E-state index in [1.807, 2.05) is 6.92 Å². The van der Waals surface area contributed by atoms with Gasteiger partial charge < -0.3 is 4.90 Å². The van der Waals surface area contributed by atoms with Gasteiger partial charge in [0, 0.05) is 17.4 Å². The molecule has 3 rings (SSSR count). The molecule has 0 aliphatic carbocycles. The normalized spacial score (nSPS) is 25.8. The van der Waals surface area contributed by atoms with Crippen molar-refractivity contribution in [2.45, 2.75) is 37.2 Å². The number of carbonyl (C=O) groups is 1. The van der Waals surface area contributed by atoms with E-state index in [0.29, 0.717) is 6.42 Å². The van der Waals surface area contributed by atoms with Gasteiger partial charge in [0.1, 0.15) is 0 Å². The van der Waals surface area contributed by atoms with Gasteiger partial charge in [-0.25, -0.2) is 8.42 Å². The number of amides is 1. The van der Waals surface area contributed by atoms with Crippen LogP contribution in [0.2, 0.25) is 5.02 Å². The molecule has 27 heavy (non-hydrogen) atoms. The molecule has 2 fully saturated rings. The van der Waals surface area contributed by atoms with Crippen molar-refractivity contribution in [3.8, 4) is 0 Å². The maximum atomic E-state index is 13.2. The monoisotopic (exact) mass is 440 g/mol. The number of halogens is 4. The standard InChI is InChI=1S/C16H16ClF3N2O3S2/c1-2-3-14(23)21-15-22(12-7-27(24,25)8-13(12)26-15)9-4-5-11(17)10(6-9)16(18,19)20/h4-6,12-13H,2-3,7-8H2,1H3. The van der Waals surface area contributed by atoms with Crippen LogP contribution >= 0.6 is 23.4 Å². The number of benzene rings is 1. The van der Waals surface area contributed by atoms with Gasteiger partial charge in [0.2, 0.25) is 5.91 Å². The molecule has 2 heterocycles. The van der Waals surface area contributed by atoms with Crippen LogP contribution in [0.1, 0.15) is 25.3 Å². The van der Waals surface area contributed by atoms with Gasteiger partial charge in [0.05, 0.1) is 28.1 Å². The Kier molecular flexibility index (Phi) is 5.53. The average molecular weight is 441 g/mol. The number of carbonyl (C=O) groups excluding carboxylic acids is 1. The Morgan fingerprint density at radius 3 is 2.70 bits per heavy atom. The highest BCUT2D eigenvalue weighted by atomic mass is 35.5. The molecule has 0 spiro atoms. The highest BCUT2D eigenvalue weighted by molar-refractivity contribution is 8.16. The fraction of sp³-hybridized carbons (Fsp3) is 0.500. The second-order valence-corrected chi connectivity index (χ2v) is 10.1. The highest BCUT2D eigenvalue weighted by Gasteiger charge is 2.49. The van der Waals surface area contributed by atoms with Gasteiger partial charge in [-0.2, -0.15) is 18.2 Å². The zero-order valence-corrected chi connectivity index (χ0v) is 16.6. The molecule has 0 N–H and O–H groups in total. The zero-order chi connectivity index (χ0) is 20.0. The van der Waals surface area contributed by atoms with Crippen molar-refractivity contribution in [3.05, 3.63) is 28.8 Å². The minimum absolute atomic E-state index is 0.0977. The first-order valence-corrected chi connectivity index (χ1v) is 11.2. The summed E-state index contributed by atoms with van der Waals surface area (Å²) in [4.78, 5) is 17.4. The smallest absolute Gasteiger partial charge is 0.316 e. The summed E-state index contributed by atoms with van der Waals surface area (Å²) in [6.45, 7) is 1.81. The molecule has 11 heteroatoms. The molecule has 0 radical (unpaired) electrons. The second-order valence-electron chi connectivity index (χ2n) is 6.37. The van der Waals surface area contributed by atoms with Gasteiger partial charge in [0.15, 0.2) is 15.0 Å². The zero-order valence-electron chi connectivity index (χ0n) is 14.2. The molecule has 1 aromatic rings. The van der Waals surface area contributed by atoms with Gasteiger partial charge in [-0.05, 0) is 24.6 Å². The van der Waals surface area contributed by atoms with Crippen molar-refractivity contribution in [1.82, 2.24) is 0 Å². The lowest BCUT2D eigenvalue weighted by Gasteiger charge is -2.25. The van der Waals surface area contributed by atoms with E-state index < -0.39 is 38.5 Å². The Morgan fingerprint density at radius 2 is 2.07 bits per heavy atom. The number of thioether (sulfide) groups is 1. The minimum Gasteiger partial charge on any atom is -0.316 e. The highest BCUT2D eigenvalue weighted by Crippen LogP contribution is 2.43. The Balaban J connectivity index is 2.06. The van der Waals surface area contributed by atoms with E-state index in [0.717, 1.165) is 23.9 Å². The molecule has 2 unspecified atom stereocenters. The summed E-state index contributed by atoms with van der Waals surface area (Å²) in [7, 11) is -3.31. The summed E-state index contributed by atoms with van der Waals surface area (Å²) in [6.07, 6.45) is -3.86. The van der Waals surface area contributed by atoms with Gasteiger partial charge in [-0.1, -0.05) is 30.3 Å². The first kappa shape index (κ1) is 20.5. The number of amidine groups is 1. The predicted molar refractivity (Wildman–Crippen MR) is 100 cm³/mol. The second kappa shape index (κ2) is 7.29. The van der Waals surface area contributed by atoms with Gasteiger partial charge >= 0.3 is 6.18 Å².